The number of aromatic nitrogens is 1. The SMILES string of the molecule is C=c1s/c(=C\c2cc(C(=O)OCC(CC)CCCC)c(-c3oc(/C=C4\SC(=S)N(CC(CC)CCCC)C4=O)cc3C(=O)OCC(CC)CCCC)o2)c(=O)n1CC(CC)CCCC. The predicted octanol–water partition coefficient (Wildman–Crippen LogP) is 12.4. The fourth-order valence-electron chi connectivity index (χ4n) is 7.96. The van der Waals surface area contributed by atoms with Crippen LogP contribution in [0.5, 0.6) is 0 Å². The molecule has 4 heterocycles. The molecule has 3 aromatic rings. The Balaban J connectivity index is 1.85. The van der Waals surface area contributed by atoms with Gasteiger partial charge in [0.2, 0.25) is 0 Å². The Bertz CT molecular complexity index is 2190. The van der Waals surface area contributed by atoms with Crippen molar-refractivity contribution >= 4 is 76.2 Å². The van der Waals surface area contributed by atoms with Gasteiger partial charge in [0.25, 0.3) is 11.5 Å². The summed E-state index contributed by atoms with van der Waals surface area (Å²) in [6.45, 7) is 22.8. The Morgan fingerprint density at radius 2 is 1.12 bits per heavy atom. The van der Waals surface area contributed by atoms with Crippen LogP contribution in [0, 0.1) is 23.7 Å². The summed E-state index contributed by atoms with van der Waals surface area (Å²) in [5, 5.41) is 0. The van der Waals surface area contributed by atoms with E-state index < -0.39 is 11.9 Å². The highest BCUT2D eigenvalue weighted by Gasteiger charge is 2.35. The van der Waals surface area contributed by atoms with E-state index in [0.717, 1.165) is 103 Å². The second kappa shape index (κ2) is 27.1. The maximum Gasteiger partial charge on any atom is 0.342 e. The fourth-order valence-corrected chi connectivity index (χ4v) is 10.1. The van der Waals surface area contributed by atoms with Gasteiger partial charge in [-0.1, -0.05) is 163 Å². The smallest absolute Gasteiger partial charge is 0.342 e. The van der Waals surface area contributed by atoms with Gasteiger partial charge in [0.15, 0.2) is 11.5 Å². The van der Waals surface area contributed by atoms with Gasteiger partial charge in [0.05, 0.1) is 27.3 Å². The molecule has 354 valence electrons. The van der Waals surface area contributed by atoms with Crippen molar-refractivity contribution in [3.8, 4) is 11.5 Å². The Morgan fingerprint density at radius 1 is 0.688 bits per heavy atom. The number of carbonyl (C=O) groups is 3. The molecule has 4 atom stereocenters. The Labute approximate surface area is 395 Å². The van der Waals surface area contributed by atoms with Gasteiger partial charge in [-0.3, -0.25) is 19.1 Å². The summed E-state index contributed by atoms with van der Waals surface area (Å²) in [4.78, 5) is 58.1. The van der Waals surface area contributed by atoms with Gasteiger partial charge < -0.3 is 18.3 Å². The van der Waals surface area contributed by atoms with Crippen LogP contribution in [0.4, 0.5) is 0 Å². The summed E-state index contributed by atoms with van der Waals surface area (Å²) in [5.74, 6) is -0.163. The molecular weight excluding hydrogens is 865 g/mol. The summed E-state index contributed by atoms with van der Waals surface area (Å²) in [5.41, 5.74) is -0.0970. The molecule has 0 aromatic carbocycles. The highest BCUT2D eigenvalue weighted by molar-refractivity contribution is 8.26. The topological polar surface area (TPSA) is 121 Å². The molecule has 0 saturated carbocycles. The molecule has 3 aromatic heterocycles. The average Bonchev–Trinajstić information content (AvgIpc) is 4.04. The van der Waals surface area contributed by atoms with Crippen molar-refractivity contribution in [3.05, 3.63) is 59.2 Å². The summed E-state index contributed by atoms with van der Waals surface area (Å²) < 4.78 is 28.1. The monoisotopic (exact) mass is 938 g/mol. The van der Waals surface area contributed by atoms with Crippen LogP contribution in [0.25, 0.3) is 30.3 Å². The molecule has 0 bridgehead atoms. The number of ether oxygens (including phenoxy) is 2. The number of hydrogen-bond acceptors (Lipinski definition) is 11. The van der Waals surface area contributed by atoms with Crippen LogP contribution in [0.3, 0.4) is 0 Å². The predicted molar refractivity (Wildman–Crippen MR) is 267 cm³/mol. The molecule has 64 heavy (non-hydrogen) atoms. The minimum atomic E-state index is -0.647. The van der Waals surface area contributed by atoms with Gasteiger partial charge in [-0.2, -0.15) is 0 Å². The highest BCUT2D eigenvalue weighted by Crippen LogP contribution is 2.38. The minimum Gasteiger partial charge on any atom is -0.462 e. The number of rotatable bonds is 29. The summed E-state index contributed by atoms with van der Waals surface area (Å²) in [7, 11) is 0. The van der Waals surface area contributed by atoms with E-state index in [9.17, 15) is 19.2 Å². The van der Waals surface area contributed by atoms with Gasteiger partial charge in [-0.25, -0.2) is 9.59 Å². The van der Waals surface area contributed by atoms with Crippen LogP contribution in [0.2, 0.25) is 0 Å². The number of carbonyl (C=O) groups excluding carboxylic acids is 3. The van der Waals surface area contributed by atoms with E-state index in [0.29, 0.717) is 43.3 Å². The van der Waals surface area contributed by atoms with E-state index in [-0.39, 0.29) is 70.7 Å². The number of hydrogen-bond donors (Lipinski definition) is 0. The zero-order valence-electron chi connectivity index (χ0n) is 39.9. The Hall–Kier alpha value is -3.68. The first-order chi connectivity index (χ1) is 30.9. The largest absolute Gasteiger partial charge is 0.462 e. The zero-order chi connectivity index (χ0) is 46.8. The number of unbranched alkanes of at least 4 members (excludes halogenated alkanes) is 4. The molecule has 13 heteroatoms. The lowest BCUT2D eigenvalue weighted by atomic mass is 9.99. The number of furan rings is 2. The quantitative estimate of drug-likeness (QED) is 0.0378. The van der Waals surface area contributed by atoms with E-state index in [1.54, 1.807) is 21.6 Å². The van der Waals surface area contributed by atoms with E-state index >= 15 is 0 Å². The molecule has 1 amide bonds. The van der Waals surface area contributed by atoms with Crippen molar-refractivity contribution in [3.63, 3.8) is 0 Å². The Kier molecular flexibility index (Phi) is 22.4. The molecule has 1 aliphatic heterocycles. The summed E-state index contributed by atoms with van der Waals surface area (Å²) in [6, 6.07) is 3.07. The van der Waals surface area contributed by atoms with Crippen molar-refractivity contribution in [1.82, 2.24) is 9.47 Å². The third-order valence-corrected chi connectivity index (χ3v) is 14.9. The van der Waals surface area contributed by atoms with E-state index in [4.69, 9.17) is 30.5 Å². The van der Waals surface area contributed by atoms with Gasteiger partial charge in [-0.05, 0) is 61.5 Å². The van der Waals surface area contributed by atoms with Crippen LogP contribution in [-0.2, 0) is 20.8 Å². The Morgan fingerprint density at radius 3 is 1.58 bits per heavy atom. The average molecular weight is 939 g/mol. The van der Waals surface area contributed by atoms with E-state index in [1.807, 2.05) is 0 Å². The van der Waals surface area contributed by atoms with Gasteiger partial charge in [-0.15, -0.1) is 11.3 Å². The third-order valence-electron chi connectivity index (χ3n) is 12.5. The minimum absolute atomic E-state index is 0.0333. The molecule has 1 saturated heterocycles. The van der Waals surface area contributed by atoms with E-state index in [2.05, 4.69) is 62.0 Å². The highest BCUT2D eigenvalue weighted by atomic mass is 32.2. The number of thiocarbonyl (C=S) groups is 1. The van der Waals surface area contributed by atoms with Crippen LogP contribution >= 0.6 is 35.3 Å². The molecule has 0 radical (unpaired) electrons. The van der Waals surface area contributed by atoms with Gasteiger partial charge in [0, 0.05) is 25.2 Å². The number of amides is 1. The first-order valence-electron chi connectivity index (χ1n) is 24.1. The van der Waals surface area contributed by atoms with Crippen LogP contribution in [0.1, 0.15) is 190 Å². The number of nitrogens with zero attached hydrogens (tertiary/aromatic N) is 2. The molecular formula is C51H74N2O8S3. The lowest BCUT2D eigenvalue weighted by molar-refractivity contribution is -0.122. The second-order valence-electron chi connectivity index (χ2n) is 17.4. The standard InChI is InChI=1S/C51H74N2O8S3/c1-10-18-22-35(14-5)30-52-34(9)63-43(47(52)54)28-39-26-41(49(56)58-32-37(16-7)24-20-12-3)45(60-39)46-42(50(57)59-33-38(17-8)25-21-13-4)27-40(61-46)29-44-48(55)53(51(62)64-44)31-36(15-6)23-19-11-2/h26-29,35-38H,9-25,30-33H2,1-8H3/b43-28-,44-29-. The van der Waals surface area contributed by atoms with Crippen LogP contribution in [0.15, 0.2) is 30.7 Å². The molecule has 0 aliphatic carbocycles. The third kappa shape index (κ3) is 14.7. The van der Waals surface area contributed by atoms with Crippen molar-refractivity contribution < 1.29 is 32.7 Å². The van der Waals surface area contributed by atoms with Crippen molar-refractivity contribution in [1.29, 1.82) is 0 Å². The van der Waals surface area contributed by atoms with Crippen molar-refractivity contribution in [2.75, 3.05) is 19.8 Å². The van der Waals surface area contributed by atoms with Crippen LogP contribution < -0.4 is 14.8 Å². The number of esters is 2. The molecule has 4 rings (SSSR count). The molecule has 1 fully saturated rings. The van der Waals surface area contributed by atoms with E-state index in [1.165, 1.54) is 35.2 Å². The normalized spacial score (nSPS) is 15.9. The maximum atomic E-state index is 14.2. The first kappa shape index (κ1) is 52.9. The molecule has 4 unspecified atom stereocenters. The maximum absolute atomic E-state index is 14.2. The fraction of sp³-hybridized carbons (Fsp3) is 0.627. The summed E-state index contributed by atoms with van der Waals surface area (Å²) in [6.07, 6.45) is 19.1. The van der Waals surface area contributed by atoms with Gasteiger partial charge >= 0.3 is 11.9 Å². The van der Waals surface area contributed by atoms with Crippen molar-refractivity contribution in [2.24, 2.45) is 23.7 Å². The molecule has 0 spiro atoms. The zero-order valence-corrected chi connectivity index (χ0v) is 42.3. The van der Waals surface area contributed by atoms with Gasteiger partial charge in [0.1, 0.15) is 27.0 Å². The number of thioether (sulfide) groups is 1. The van der Waals surface area contributed by atoms with Crippen molar-refractivity contribution in [2.45, 2.75) is 165 Å². The molecule has 10 nitrogen and oxygen atoms in total. The number of thiazole rings is 1. The second-order valence-corrected chi connectivity index (χ2v) is 20.1. The van der Waals surface area contributed by atoms with Crippen LogP contribution in [-0.4, -0.2) is 51.4 Å². The molecule has 1 aliphatic rings. The lowest BCUT2D eigenvalue weighted by Gasteiger charge is -2.21. The summed E-state index contributed by atoms with van der Waals surface area (Å²) >= 11 is 8.16. The molecule has 0 N–H and O–H groups in total. The first-order valence-corrected chi connectivity index (χ1v) is 26.2. The lowest BCUT2D eigenvalue weighted by Crippen LogP contribution is -2.33.